The molecule has 0 aliphatic rings. The van der Waals surface area contributed by atoms with Crippen LogP contribution in [0, 0.1) is 0 Å². The Morgan fingerprint density at radius 3 is 2.44 bits per heavy atom. The summed E-state index contributed by atoms with van der Waals surface area (Å²) in [6.45, 7) is 0. The molecule has 27 heavy (non-hydrogen) atoms. The number of ether oxygens (including phenoxy) is 2. The van der Waals surface area contributed by atoms with E-state index in [0.29, 0.717) is 16.1 Å². The number of aromatic nitrogens is 1. The van der Waals surface area contributed by atoms with E-state index in [4.69, 9.17) is 9.47 Å². The zero-order chi connectivity index (χ0) is 19.4. The second kappa shape index (κ2) is 7.89. The molecular formula is C19H17NO5S2. The molecule has 0 aliphatic heterocycles. The maximum absolute atomic E-state index is 12.8. The summed E-state index contributed by atoms with van der Waals surface area (Å²) in [5.41, 5.74) is 1.00. The number of methoxy groups -OCH3 is 2. The van der Waals surface area contributed by atoms with Crippen molar-refractivity contribution in [1.82, 2.24) is 4.98 Å². The summed E-state index contributed by atoms with van der Waals surface area (Å²) in [6.07, 6.45) is 1.64. The summed E-state index contributed by atoms with van der Waals surface area (Å²) in [4.78, 5) is 16.9. The highest BCUT2D eigenvalue weighted by molar-refractivity contribution is 7.90. The van der Waals surface area contributed by atoms with Crippen molar-refractivity contribution in [3.8, 4) is 16.3 Å². The molecule has 6 nitrogen and oxygen atoms in total. The van der Waals surface area contributed by atoms with Gasteiger partial charge in [0, 0.05) is 11.6 Å². The number of hydrogen-bond donors (Lipinski definition) is 0. The zero-order valence-corrected chi connectivity index (χ0v) is 16.3. The van der Waals surface area contributed by atoms with Crippen molar-refractivity contribution in [2.24, 2.45) is 0 Å². The second-order valence-electron chi connectivity index (χ2n) is 5.58. The van der Waals surface area contributed by atoms with Crippen molar-refractivity contribution in [2.45, 2.75) is 10.6 Å². The highest BCUT2D eigenvalue weighted by Crippen LogP contribution is 2.37. The number of esters is 1. The van der Waals surface area contributed by atoms with E-state index in [1.807, 2.05) is 0 Å². The first-order valence-corrected chi connectivity index (χ1v) is 10.5. The molecule has 1 heterocycles. The fourth-order valence-electron chi connectivity index (χ4n) is 2.72. The Morgan fingerprint density at radius 1 is 1.11 bits per heavy atom. The van der Waals surface area contributed by atoms with Crippen molar-refractivity contribution >= 4 is 27.1 Å². The third-order valence-electron chi connectivity index (χ3n) is 3.95. The molecule has 0 atom stereocenters. The Morgan fingerprint density at radius 2 is 1.85 bits per heavy atom. The standard InChI is InChI=1S/C19H17NO5S2/c1-24-17-15(18-20-10-11-26-18)9-8-13(16(17)19(21)25-2)12-27(22,23)14-6-4-3-5-7-14/h3-11H,12H2,1-2H3. The van der Waals surface area contributed by atoms with Gasteiger partial charge in [0.15, 0.2) is 9.84 Å². The van der Waals surface area contributed by atoms with Gasteiger partial charge in [0.25, 0.3) is 0 Å². The zero-order valence-electron chi connectivity index (χ0n) is 14.7. The van der Waals surface area contributed by atoms with Crippen LogP contribution in [0.5, 0.6) is 5.75 Å². The lowest BCUT2D eigenvalue weighted by Crippen LogP contribution is -2.13. The topological polar surface area (TPSA) is 82.6 Å². The summed E-state index contributed by atoms with van der Waals surface area (Å²) in [5.74, 6) is -0.767. The molecule has 0 fully saturated rings. The maximum Gasteiger partial charge on any atom is 0.341 e. The van der Waals surface area contributed by atoms with Gasteiger partial charge in [-0.25, -0.2) is 18.2 Å². The lowest BCUT2D eigenvalue weighted by molar-refractivity contribution is 0.0596. The third kappa shape index (κ3) is 3.86. The van der Waals surface area contributed by atoms with E-state index in [1.165, 1.54) is 37.7 Å². The van der Waals surface area contributed by atoms with Gasteiger partial charge < -0.3 is 9.47 Å². The van der Waals surface area contributed by atoms with Gasteiger partial charge in [-0.2, -0.15) is 0 Å². The molecule has 140 valence electrons. The van der Waals surface area contributed by atoms with Crippen LogP contribution in [0.1, 0.15) is 15.9 Å². The van der Waals surface area contributed by atoms with Gasteiger partial charge in [-0.05, 0) is 23.8 Å². The van der Waals surface area contributed by atoms with E-state index < -0.39 is 15.8 Å². The Balaban J connectivity index is 2.14. The number of nitrogens with zero attached hydrogens (tertiary/aromatic N) is 1. The average molecular weight is 403 g/mol. The molecule has 3 rings (SSSR count). The van der Waals surface area contributed by atoms with Gasteiger partial charge in [-0.3, -0.25) is 0 Å². The fourth-order valence-corrected chi connectivity index (χ4v) is 4.77. The lowest BCUT2D eigenvalue weighted by Gasteiger charge is -2.15. The third-order valence-corrected chi connectivity index (χ3v) is 6.44. The molecule has 2 aromatic carbocycles. The number of carbonyl (C=O) groups is 1. The van der Waals surface area contributed by atoms with Crippen LogP contribution in [0.3, 0.4) is 0 Å². The molecule has 8 heteroatoms. The van der Waals surface area contributed by atoms with Crippen LogP contribution in [-0.4, -0.2) is 33.6 Å². The molecule has 0 N–H and O–H groups in total. The summed E-state index contributed by atoms with van der Waals surface area (Å²) >= 11 is 1.39. The number of benzene rings is 2. The molecule has 0 bridgehead atoms. The van der Waals surface area contributed by atoms with Crippen LogP contribution in [0.2, 0.25) is 0 Å². The van der Waals surface area contributed by atoms with Crippen LogP contribution >= 0.6 is 11.3 Å². The summed E-state index contributed by atoms with van der Waals surface area (Å²) in [7, 11) is -0.977. The largest absolute Gasteiger partial charge is 0.495 e. The molecular weight excluding hydrogens is 386 g/mol. The summed E-state index contributed by atoms with van der Waals surface area (Å²) in [5, 5.41) is 2.47. The monoisotopic (exact) mass is 403 g/mol. The van der Waals surface area contributed by atoms with Gasteiger partial charge in [0.1, 0.15) is 16.3 Å². The number of rotatable bonds is 6. The van der Waals surface area contributed by atoms with Crippen molar-refractivity contribution < 1.29 is 22.7 Å². The van der Waals surface area contributed by atoms with E-state index >= 15 is 0 Å². The molecule has 0 saturated heterocycles. The van der Waals surface area contributed by atoms with Gasteiger partial charge in [0.05, 0.1) is 30.4 Å². The SMILES string of the molecule is COC(=O)c1c(CS(=O)(=O)c2ccccc2)ccc(-c2nccs2)c1OC. The number of sulfone groups is 1. The molecule has 0 saturated carbocycles. The Kier molecular flexibility index (Phi) is 5.57. The van der Waals surface area contributed by atoms with Gasteiger partial charge in [-0.15, -0.1) is 11.3 Å². The Hall–Kier alpha value is -2.71. The van der Waals surface area contributed by atoms with E-state index in [2.05, 4.69) is 4.98 Å². The molecule has 1 aromatic heterocycles. The van der Waals surface area contributed by atoms with Crippen LogP contribution in [0.4, 0.5) is 0 Å². The quantitative estimate of drug-likeness (QED) is 0.585. The van der Waals surface area contributed by atoms with E-state index in [0.717, 1.165) is 0 Å². The molecule has 0 radical (unpaired) electrons. The number of thiazole rings is 1. The highest BCUT2D eigenvalue weighted by atomic mass is 32.2. The molecule has 0 unspecified atom stereocenters. The van der Waals surface area contributed by atoms with Crippen LogP contribution < -0.4 is 4.74 Å². The van der Waals surface area contributed by atoms with Crippen LogP contribution in [0.25, 0.3) is 10.6 Å². The normalized spacial score (nSPS) is 11.2. The first-order chi connectivity index (χ1) is 13.0. The summed E-state index contributed by atoms with van der Waals surface area (Å²) < 4.78 is 35.9. The van der Waals surface area contributed by atoms with Crippen LogP contribution in [0.15, 0.2) is 58.9 Å². The smallest absolute Gasteiger partial charge is 0.341 e. The highest BCUT2D eigenvalue weighted by Gasteiger charge is 2.26. The molecule has 0 amide bonds. The van der Waals surface area contributed by atoms with Gasteiger partial charge in [-0.1, -0.05) is 24.3 Å². The molecule has 3 aromatic rings. The van der Waals surface area contributed by atoms with E-state index in [9.17, 15) is 13.2 Å². The minimum Gasteiger partial charge on any atom is -0.495 e. The number of carbonyl (C=O) groups excluding carboxylic acids is 1. The van der Waals surface area contributed by atoms with Crippen molar-refractivity contribution in [3.05, 3.63) is 65.2 Å². The van der Waals surface area contributed by atoms with Gasteiger partial charge >= 0.3 is 5.97 Å². The van der Waals surface area contributed by atoms with Crippen molar-refractivity contribution in [1.29, 1.82) is 0 Å². The van der Waals surface area contributed by atoms with E-state index in [1.54, 1.807) is 41.9 Å². The Bertz CT molecular complexity index is 1050. The fraction of sp³-hybridized carbons (Fsp3) is 0.158. The predicted octanol–water partition coefficient (Wildman–Crippen LogP) is 3.58. The van der Waals surface area contributed by atoms with Crippen LogP contribution in [-0.2, 0) is 20.3 Å². The molecule has 0 spiro atoms. The predicted molar refractivity (Wildman–Crippen MR) is 103 cm³/mol. The van der Waals surface area contributed by atoms with Crippen molar-refractivity contribution in [3.63, 3.8) is 0 Å². The Labute approximate surface area is 161 Å². The second-order valence-corrected chi connectivity index (χ2v) is 8.47. The number of hydrogen-bond acceptors (Lipinski definition) is 7. The van der Waals surface area contributed by atoms with Crippen molar-refractivity contribution in [2.75, 3.05) is 14.2 Å². The first-order valence-electron chi connectivity index (χ1n) is 7.93. The lowest BCUT2D eigenvalue weighted by atomic mass is 10.0. The van der Waals surface area contributed by atoms with E-state index in [-0.39, 0.29) is 22.0 Å². The first kappa shape index (κ1) is 19.1. The summed E-state index contributed by atoms with van der Waals surface area (Å²) in [6, 6.07) is 11.4. The minimum absolute atomic E-state index is 0.0900. The molecule has 0 aliphatic carbocycles. The maximum atomic E-state index is 12.8. The average Bonchev–Trinajstić information content (AvgIpc) is 3.22. The van der Waals surface area contributed by atoms with Gasteiger partial charge in [0.2, 0.25) is 0 Å². The minimum atomic E-state index is -3.65.